The van der Waals surface area contributed by atoms with Gasteiger partial charge < -0.3 is 4.74 Å². The van der Waals surface area contributed by atoms with Crippen LogP contribution in [0.4, 0.5) is 4.79 Å². The highest BCUT2D eigenvalue weighted by atomic mass is 79.9. The van der Waals surface area contributed by atoms with E-state index in [0.717, 1.165) is 31.2 Å². The van der Waals surface area contributed by atoms with E-state index in [1.54, 1.807) is 24.3 Å². The first-order chi connectivity index (χ1) is 16.9. The first-order valence-corrected chi connectivity index (χ1v) is 12.3. The van der Waals surface area contributed by atoms with Gasteiger partial charge in [0.2, 0.25) is 0 Å². The first kappa shape index (κ1) is 23.2. The van der Waals surface area contributed by atoms with Crippen LogP contribution in [0.25, 0.3) is 12.2 Å². The maximum Gasteiger partial charge on any atom is 0.336 e. The van der Waals surface area contributed by atoms with Crippen molar-refractivity contribution in [2.24, 2.45) is 11.8 Å². The van der Waals surface area contributed by atoms with E-state index in [-0.39, 0.29) is 23.3 Å². The van der Waals surface area contributed by atoms with Crippen molar-refractivity contribution in [3.8, 4) is 5.75 Å². The SMILES string of the molecule is O=C(/C=C/c1ccccc1)Oc1ccc(Br)cc1/C=C1/C(=O)NC(=O)N([C@@H]2C[C@H]3CC[C@H]2C3)C1=O. The summed E-state index contributed by atoms with van der Waals surface area (Å²) >= 11 is 3.38. The quantitative estimate of drug-likeness (QED) is 0.259. The van der Waals surface area contributed by atoms with Gasteiger partial charge in [0, 0.05) is 22.2 Å². The van der Waals surface area contributed by atoms with E-state index in [1.807, 2.05) is 30.3 Å². The fourth-order valence-electron chi connectivity index (χ4n) is 5.25. The van der Waals surface area contributed by atoms with Gasteiger partial charge in [-0.3, -0.25) is 19.8 Å². The van der Waals surface area contributed by atoms with Crippen molar-refractivity contribution in [3.63, 3.8) is 0 Å². The molecule has 35 heavy (non-hydrogen) atoms. The van der Waals surface area contributed by atoms with Crippen molar-refractivity contribution in [2.75, 3.05) is 0 Å². The smallest absolute Gasteiger partial charge is 0.336 e. The van der Waals surface area contributed by atoms with Gasteiger partial charge in [-0.2, -0.15) is 0 Å². The number of barbiturate groups is 1. The van der Waals surface area contributed by atoms with Gasteiger partial charge in [0.15, 0.2) is 0 Å². The number of hydrogen-bond acceptors (Lipinski definition) is 5. The summed E-state index contributed by atoms with van der Waals surface area (Å²) in [6.45, 7) is 0. The van der Waals surface area contributed by atoms with Gasteiger partial charge in [-0.1, -0.05) is 52.7 Å². The molecule has 4 amide bonds. The third-order valence-corrected chi connectivity index (χ3v) is 7.35. The van der Waals surface area contributed by atoms with E-state index in [2.05, 4.69) is 21.2 Å². The molecule has 1 aliphatic heterocycles. The molecule has 2 bridgehead atoms. The number of nitrogens with one attached hydrogen (secondary N) is 1. The van der Waals surface area contributed by atoms with Crippen LogP contribution in [0.5, 0.6) is 5.75 Å². The second-order valence-electron chi connectivity index (χ2n) is 9.08. The number of fused-ring (bicyclic) bond motifs is 2. The summed E-state index contributed by atoms with van der Waals surface area (Å²) in [5, 5.41) is 2.31. The molecule has 3 aliphatic rings. The molecule has 0 spiro atoms. The van der Waals surface area contributed by atoms with Crippen molar-refractivity contribution in [1.82, 2.24) is 10.2 Å². The molecule has 5 rings (SSSR count). The predicted octanol–water partition coefficient (Wildman–Crippen LogP) is 4.72. The van der Waals surface area contributed by atoms with Gasteiger partial charge in [-0.05, 0) is 67.0 Å². The van der Waals surface area contributed by atoms with Gasteiger partial charge >= 0.3 is 12.0 Å². The Hall–Kier alpha value is -3.52. The summed E-state index contributed by atoms with van der Waals surface area (Å²) in [5.74, 6) is -0.988. The van der Waals surface area contributed by atoms with Crippen molar-refractivity contribution in [2.45, 2.75) is 31.7 Å². The normalized spacial score (nSPS) is 24.9. The lowest BCUT2D eigenvalue weighted by Gasteiger charge is -2.35. The zero-order valence-corrected chi connectivity index (χ0v) is 20.4. The number of carbonyl (C=O) groups excluding carboxylic acids is 4. The van der Waals surface area contributed by atoms with Crippen molar-refractivity contribution < 1.29 is 23.9 Å². The van der Waals surface area contributed by atoms with E-state index in [4.69, 9.17) is 4.74 Å². The van der Waals surface area contributed by atoms with Crippen LogP contribution >= 0.6 is 15.9 Å². The van der Waals surface area contributed by atoms with Crippen LogP contribution in [0.1, 0.15) is 36.8 Å². The molecule has 7 nitrogen and oxygen atoms in total. The maximum absolute atomic E-state index is 13.3. The summed E-state index contributed by atoms with van der Waals surface area (Å²) in [6, 6.07) is 13.4. The lowest BCUT2D eigenvalue weighted by Crippen LogP contribution is -2.58. The van der Waals surface area contributed by atoms with Crippen LogP contribution in [0, 0.1) is 11.8 Å². The van der Waals surface area contributed by atoms with E-state index >= 15 is 0 Å². The molecule has 0 aromatic heterocycles. The standard InChI is InChI=1S/C27H23BrN2O5/c28-20-9-10-23(35-24(31)11-7-16-4-2-1-3-5-16)19(14-20)15-21-25(32)29-27(34)30(26(21)33)22-13-17-6-8-18(22)12-17/h1-5,7,9-11,14-15,17-18,22H,6,8,12-13H2,(H,29,32,34)/b11-7+,21-15-/t17-,18-,22+/m0/s1. The summed E-state index contributed by atoms with van der Waals surface area (Å²) in [4.78, 5) is 52.2. The van der Waals surface area contributed by atoms with Gasteiger partial charge in [0.25, 0.3) is 11.8 Å². The van der Waals surface area contributed by atoms with E-state index in [0.29, 0.717) is 16.0 Å². The average Bonchev–Trinajstić information content (AvgIpc) is 3.46. The van der Waals surface area contributed by atoms with E-state index < -0.39 is 23.8 Å². The Morgan fingerprint density at radius 1 is 1.06 bits per heavy atom. The molecule has 2 aliphatic carbocycles. The highest BCUT2D eigenvalue weighted by molar-refractivity contribution is 9.10. The zero-order chi connectivity index (χ0) is 24.5. The topological polar surface area (TPSA) is 92.8 Å². The lowest BCUT2D eigenvalue weighted by molar-refractivity contribution is -0.132. The van der Waals surface area contributed by atoms with Gasteiger partial charge in [-0.25, -0.2) is 9.59 Å². The molecule has 3 atom stereocenters. The third-order valence-electron chi connectivity index (χ3n) is 6.86. The number of hydrogen-bond donors (Lipinski definition) is 1. The molecular weight excluding hydrogens is 512 g/mol. The number of benzene rings is 2. The molecule has 1 saturated heterocycles. The summed E-state index contributed by atoms with van der Waals surface area (Å²) in [5.41, 5.74) is 1.04. The minimum atomic E-state index is -0.763. The van der Waals surface area contributed by atoms with Crippen molar-refractivity contribution >= 4 is 51.9 Å². The Morgan fingerprint density at radius 3 is 2.57 bits per heavy atom. The fourth-order valence-corrected chi connectivity index (χ4v) is 5.63. The molecule has 1 N–H and O–H groups in total. The highest BCUT2D eigenvalue weighted by Crippen LogP contribution is 2.47. The third kappa shape index (κ3) is 4.84. The monoisotopic (exact) mass is 534 g/mol. The fraction of sp³-hybridized carbons (Fsp3) is 0.259. The lowest BCUT2D eigenvalue weighted by atomic mass is 9.93. The molecule has 0 unspecified atom stereocenters. The highest BCUT2D eigenvalue weighted by Gasteiger charge is 2.49. The first-order valence-electron chi connectivity index (χ1n) is 11.5. The number of halogens is 1. The molecule has 0 radical (unpaired) electrons. The second-order valence-corrected chi connectivity index (χ2v) is 10.00. The Morgan fingerprint density at radius 2 is 1.86 bits per heavy atom. The molecule has 1 heterocycles. The molecule has 2 saturated carbocycles. The second kappa shape index (κ2) is 9.62. The van der Waals surface area contributed by atoms with Crippen LogP contribution < -0.4 is 10.1 Å². The maximum atomic E-state index is 13.3. The Labute approximate surface area is 211 Å². The average molecular weight is 535 g/mol. The van der Waals surface area contributed by atoms with Crippen LogP contribution in [-0.2, 0) is 14.4 Å². The molecule has 2 aromatic rings. The van der Waals surface area contributed by atoms with Crippen LogP contribution in [-0.4, -0.2) is 34.8 Å². The molecule has 2 aromatic carbocycles. The Kier molecular flexibility index (Phi) is 6.38. The van der Waals surface area contributed by atoms with Gasteiger partial charge in [-0.15, -0.1) is 0 Å². The van der Waals surface area contributed by atoms with Crippen molar-refractivity contribution in [3.05, 3.63) is 75.8 Å². The summed E-state index contributed by atoms with van der Waals surface area (Å²) < 4.78 is 6.18. The number of nitrogens with zero attached hydrogens (tertiary/aromatic N) is 1. The van der Waals surface area contributed by atoms with Crippen molar-refractivity contribution in [1.29, 1.82) is 0 Å². The number of ether oxygens (including phenoxy) is 1. The molecule has 178 valence electrons. The number of rotatable bonds is 5. The van der Waals surface area contributed by atoms with Gasteiger partial charge in [0.05, 0.1) is 0 Å². The van der Waals surface area contributed by atoms with Crippen LogP contribution in [0.3, 0.4) is 0 Å². The minimum Gasteiger partial charge on any atom is -0.423 e. The van der Waals surface area contributed by atoms with E-state index in [9.17, 15) is 19.2 Å². The molecule has 8 heteroatoms. The number of urea groups is 1. The minimum absolute atomic E-state index is 0.164. The largest absolute Gasteiger partial charge is 0.423 e. The Bertz CT molecular complexity index is 1270. The predicted molar refractivity (Wildman–Crippen MR) is 133 cm³/mol. The number of imide groups is 2. The number of amides is 4. The molecular formula is C27H23BrN2O5. The molecule has 3 fully saturated rings. The Balaban J connectivity index is 1.41. The summed E-state index contributed by atoms with van der Waals surface area (Å²) in [7, 11) is 0. The zero-order valence-electron chi connectivity index (χ0n) is 18.8. The van der Waals surface area contributed by atoms with E-state index in [1.165, 1.54) is 17.1 Å². The van der Waals surface area contributed by atoms with Crippen LogP contribution in [0.2, 0.25) is 0 Å². The van der Waals surface area contributed by atoms with Crippen LogP contribution in [0.15, 0.2) is 64.7 Å². The number of esters is 1. The summed E-state index contributed by atoms with van der Waals surface area (Å²) in [6.07, 6.45) is 8.21. The van der Waals surface area contributed by atoms with Gasteiger partial charge in [0.1, 0.15) is 11.3 Å². The number of carbonyl (C=O) groups is 4.